The van der Waals surface area contributed by atoms with Crippen molar-refractivity contribution in [2.75, 3.05) is 13.2 Å². The molecule has 2 atom stereocenters. The molecular weight excluding hydrogens is 336 g/mol. The molecule has 0 bridgehead atoms. The van der Waals surface area contributed by atoms with E-state index in [4.69, 9.17) is 18.9 Å². The second-order valence-corrected chi connectivity index (χ2v) is 7.89. The normalized spacial score (nSPS) is 20.1. The molecule has 1 rings (SSSR count). The van der Waals surface area contributed by atoms with Gasteiger partial charge in [-0.05, 0) is 43.9 Å². The number of carbonyl (C=O) groups is 2. The largest absolute Gasteiger partial charge is 0.508 e. The van der Waals surface area contributed by atoms with Crippen LogP contribution in [-0.4, -0.2) is 37.7 Å². The van der Waals surface area contributed by atoms with Gasteiger partial charge in [-0.15, -0.1) is 0 Å². The predicted octanol–water partition coefficient (Wildman–Crippen LogP) is 5.48. The third-order valence-electron chi connectivity index (χ3n) is 4.32. The topological polar surface area (TPSA) is 71.1 Å². The summed E-state index contributed by atoms with van der Waals surface area (Å²) in [5.41, 5.74) is 0. The van der Waals surface area contributed by atoms with Gasteiger partial charge in [0.1, 0.15) is 12.2 Å². The van der Waals surface area contributed by atoms with Gasteiger partial charge >= 0.3 is 12.3 Å². The molecule has 0 aromatic rings. The van der Waals surface area contributed by atoms with Crippen LogP contribution >= 0.6 is 0 Å². The van der Waals surface area contributed by atoms with Crippen LogP contribution in [0.5, 0.6) is 0 Å². The highest BCUT2D eigenvalue weighted by atomic mass is 16.8. The zero-order chi connectivity index (χ0) is 19.4. The van der Waals surface area contributed by atoms with E-state index in [9.17, 15) is 9.59 Å². The van der Waals surface area contributed by atoms with Gasteiger partial charge in [0, 0.05) is 0 Å². The second-order valence-electron chi connectivity index (χ2n) is 7.89. The Balaban J connectivity index is 2.26. The molecule has 0 heterocycles. The fourth-order valence-electron chi connectivity index (χ4n) is 2.87. The van der Waals surface area contributed by atoms with Crippen molar-refractivity contribution in [2.45, 2.75) is 91.3 Å². The summed E-state index contributed by atoms with van der Waals surface area (Å²) in [5.74, 6) is 0.952. The molecule has 6 heteroatoms. The van der Waals surface area contributed by atoms with Crippen LogP contribution in [0.2, 0.25) is 0 Å². The van der Waals surface area contributed by atoms with E-state index in [0.717, 1.165) is 32.1 Å². The molecule has 26 heavy (non-hydrogen) atoms. The molecule has 0 saturated heterocycles. The quantitative estimate of drug-likeness (QED) is 0.374. The molecule has 2 unspecified atom stereocenters. The van der Waals surface area contributed by atoms with Gasteiger partial charge in [-0.25, -0.2) is 9.59 Å². The summed E-state index contributed by atoms with van der Waals surface area (Å²) >= 11 is 0. The lowest BCUT2D eigenvalue weighted by atomic mass is 9.95. The Morgan fingerprint density at radius 2 is 1.38 bits per heavy atom. The summed E-state index contributed by atoms with van der Waals surface area (Å²) in [6, 6.07) is 0. The van der Waals surface area contributed by atoms with E-state index in [2.05, 4.69) is 13.8 Å². The molecule has 152 valence electrons. The van der Waals surface area contributed by atoms with Crippen LogP contribution in [0.1, 0.15) is 79.1 Å². The van der Waals surface area contributed by atoms with E-state index in [1.807, 2.05) is 13.8 Å². The number of carbonyl (C=O) groups excluding carboxylic acids is 2. The Kier molecular flexibility index (Phi) is 11.1. The monoisotopic (exact) mass is 372 g/mol. The van der Waals surface area contributed by atoms with Crippen molar-refractivity contribution in [1.82, 2.24) is 0 Å². The zero-order valence-corrected chi connectivity index (χ0v) is 16.8. The van der Waals surface area contributed by atoms with Gasteiger partial charge < -0.3 is 18.9 Å². The number of ether oxygens (including phenoxy) is 4. The van der Waals surface area contributed by atoms with Crippen molar-refractivity contribution in [3.63, 3.8) is 0 Å². The van der Waals surface area contributed by atoms with Crippen LogP contribution in [0.25, 0.3) is 0 Å². The molecule has 1 aliphatic rings. The van der Waals surface area contributed by atoms with Crippen LogP contribution in [0.15, 0.2) is 0 Å². The molecule has 0 N–H and O–H groups in total. The van der Waals surface area contributed by atoms with E-state index in [1.165, 1.54) is 6.42 Å². The smallest absolute Gasteiger partial charge is 0.434 e. The van der Waals surface area contributed by atoms with Gasteiger partial charge in [-0.2, -0.15) is 0 Å². The van der Waals surface area contributed by atoms with Gasteiger partial charge in [0.05, 0.1) is 13.2 Å². The summed E-state index contributed by atoms with van der Waals surface area (Å²) in [4.78, 5) is 23.6. The van der Waals surface area contributed by atoms with Gasteiger partial charge in [0.15, 0.2) is 0 Å². The summed E-state index contributed by atoms with van der Waals surface area (Å²) in [5, 5.41) is 0. The molecule has 0 aliphatic heterocycles. The second kappa shape index (κ2) is 12.8. The number of unbranched alkanes of at least 4 members (excludes halogenated alkanes) is 2. The minimum Gasteiger partial charge on any atom is -0.434 e. The average molecular weight is 373 g/mol. The lowest BCUT2D eigenvalue weighted by Crippen LogP contribution is -2.38. The first-order valence-electron chi connectivity index (χ1n) is 10.0. The number of hydrogen-bond donors (Lipinski definition) is 0. The molecule has 0 aromatic heterocycles. The summed E-state index contributed by atoms with van der Waals surface area (Å²) in [6.45, 7) is 9.00. The molecule has 0 aromatic carbocycles. The van der Waals surface area contributed by atoms with Crippen molar-refractivity contribution in [3.05, 3.63) is 0 Å². The Labute approximate surface area is 157 Å². The van der Waals surface area contributed by atoms with E-state index in [-0.39, 0.29) is 5.92 Å². The van der Waals surface area contributed by atoms with Crippen LogP contribution in [0.4, 0.5) is 9.59 Å². The highest BCUT2D eigenvalue weighted by Gasteiger charge is 2.32. The van der Waals surface area contributed by atoms with Gasteiger partial charge in [0.25, 0.3) is 0 Å². The van der Waals surface area contributed by atoms with Crippen molar-refractivity contribution < 1.29 is 28.5 Å². The van der Waals surface area contributed by atoms with E-state index >= 15 is 0 Å². The maximum Gasteiger partial charge on any atom is 0.508 e. The standard InChI is InChI=1S/C20H36O6/c1-15(2)10-6-5-9-13-23-19(21)25-17-11-7-8-12-18(17)26-20(22)24-14-16(3)4/h15-18H,5-14H2,1-4H3. The molecule has 1 fully saturated rings. The first-order chi connectivity index (χ1) is 12.4. The molecule has 0 amide bonds. The van der Waals surface area contributed by atoms with E-state index in [0.29, 0.717) is 32.0 Å². The maximum absolute atomic E-state index is 11.9. The van der Waals surface area contributed by atoms with Crippen LogP contribution in [0, 0.1) is 11.8 Å². The molecule has 0 spiro atoms. The summed E-state index contributed by atoms with van der Waals surface area (Å²) in [7, 11) is 0. The maximum atomic E-state index is 11.9. The molecule has 1 aliphatic carbocycles. The fraction of sp³-hybridized carbons (Fsp3) is 0.900. The third kappa shape index (κ3) is 10.5. The van der Waals surface area contributed by atoms with Crippen molar-refractivity contribution >= 4 is 12.3 Å². The Bertz CT molecular complexity index is 407. The van der Waals surface area contributed by atoms with E-state index in [1.54, 1.807) is 0 Å². The summed E-state index contributed by atoms with van der Waals surface area (Å²) < 4.78 is 20.9. The lowest BCUT2D eigenvalue weighted by Gasteiger charge is -2.29. The minimum absolute atomic E-state index is 0.247. The molecule has 6 nitrogen and oxygen atoms in total. The average Bonchev–Trinajstić information content (AvgIpc) is 2.57. The van der Waals surface area contributed by atoms with Crippen molar-refractivity contribution in [1.29, 1.82) is 0 Å². The Morgan fingerprint density at radius 1 is 0.808 bits per heavy atom. The fourth-order valence-corrected chi connectivity index (χ4v) is 2.87. The first kappa shape index (κ1) is 22.6. The van der Waals surface area contributed by atoms with Gasteiger partial charge in [-0.1, -0.05) is 47.0 Å². The van der Waals surface area contributed by atoms with Gasteiger partial charge in [0.2, 0.25) is 0 Å². The van der Waals surface area contributed by atoms with Crippen LogP contribution in [-0.2, 0) is 18.9 Å². The first-order valence-corrected chi connectivity index (χ1v) is 10.0. The Morgan fingerprint density at radius 3 is 1.92 bits per heavy atom. The molecule has 0 radical (unpaired) electrons. The van der Waals surface area contributed by atoms with E-state index < -0.39 is 24.5 Å². The minimum atomic E-state index is -0.697. The third-order valence-corrected chi connectivity index (χ3v) is 4.32. The molecular formula is C20H36O6. The Hall–Kier alpha value is -1.46. The lowest BCUT2D eigenvalue weighted by molar-refractivity contribution is -0.0723. The SMILES string of the molecule is CC(C)CCCCCOC(=O)OC1CCCCC1OC(=O)OCC(C)C. The highest BCUT2D eigenvalue weighted by Crippen LogP contribution is 2.25. The number of hydrogen-bond acceptors (Lipinski definition) is 6. The van der Waals surface area contributed by atoms with Gasteiger partial charge in [-0.3, -0.25) is 0 Å². The highest BCUT2D eigenvalue weighted by molar-refractivity contribution is 5.61. The van der Waals surface area contributed by atoms with Crippen LogP contribution in [0.3, 0.4) is 0 Å². The zero-order valence-electron chi connectivity index (χ0n) is 16.8. The predicted molar refractivity (Wildman–Crippen MR) is 99.1 cm³/mol. The van der Waals surface area contributed by atoms with Crippen molar-refractivity contribution in [2.24, 2.45) is 11.8 Å². The molecule has 1 saturated carbocycles. The van der Waals surface area contributed by atoms with Crippen LogP contribution < -0.4 is 0 Å². The van der Waals surface area contributed by atoms with Crippen molar-refractivity contribution in [3.8, 4) is 0 Å². The number of rotatable bonds is 10. The summed E-state index contributed by atoms with van der Waals surface area (Å²) in [6.07, 6.45) is 5.16.